The molecule has 0 saturated carbocycles. The van der Waals surface area contributed by atoms with E-state index in [-0.39, 0.29) is 0 Å². The zero-order chi connectivity index (χ0) is 16.5. The molecule has 1 heterocycles. The number of nitrogens with zero attached hydrogens (tertiary/aromatic N) is 2. The van der Waals surface area contributed by atoms with Gasteiger partial charge in [-0.25, -0.2) is 0 Å². The van der Waals surface area contributed by atoms with Crippen LogP contribution in [-0.4, -0.2) is 69.9 Å². The zero-order valence-electron chi connectivity index (χ0n) is 14.3. The van der Waals surface area contributed by atoms with E-state index in [0.29, 0.717) is 23.9 Å². The number of benzene rings is 1. The van der Waals surface area contributed by atoms with Gasteiger partial charge < -0.3 is 19.1 Å². The van der Waals surface area contributed by atoms with E-state index in [2.05, 4.69) is 28.6 Å². The minimum absolute atomic E-state index is 0.325. The average Bonchev–Trinajstić information content (AvgIpc) is 2.61. The van der Waals surface area contributed by atoms with Gasteiger partial charge in [-0.1, -0.05) is 24.8 Å². The van der Waals surface area contributed by atoms with E-state index in [9.17, 15) is 0 Å². The molecule has 0 amide bonds. The fourth-order valence-corrected chi connectivity index (χ4v) is 2.55. The maximum Gasteiger partial charge on any atom is 0.204 e. The van der Waals surface area contributed by atoms with Crippen molar-refractivity contribution in [2.24, 2.45) is 0 Å². The fourth-order valence-electron chi connectivity index (χ4n) is 2.55. The Morgan fingerprint density at radius 2 is 1.57 bits per heavy atom. The molecule has 126 valence electrons. The van der Waals surface area contributed by atoms with Crippen molar-refractivity contribution < 1.29 is 14.2 Å². The summed E-state index contributed by atoms with van der Waals surface area (Å²) in [6, 6.07) is 5.56. The molecular formula is C18H26N2O3. The minimum Gasteiger partial charge on any atom is -0.493 e. The Bertz CT molecular complexity index is 521. The molecule has 1 aromatic carbocycles. The van der Waals surface area contributed by atoms with Crippen LogP contribution in [0.1, 0.15) is 6.92 Å². The van der Waals surface area contributed by atoms with Gasteiger partial charge in [-0.05, 0) is 18.7 Å². The van der Waals surface area contributed by atoms with Crippen molar-refractivity contribution in [2.45, 2.75) is 6.92 Å². The maximum atomic E-state index is 5.72. The molecule has 0 N–H and O–H groups in total. The molecule has 2 rings (SSSR count). The van der Waals surface area contributed by atoms with Crippen molar-refractivity contribution >= 4 is 0 Å². The molecule has 5 nitrogen and oxygen atoms in total. The Labute approximate surface area is 139 Å². The van der Waals surface area contributed by atoms with Crippen molar-refractivity contribution in [3.05, 3.63) is 18.2 Å². The topological polar surface area (TPSA) is 34.2 Å². The third kappa shape index (κ3) is 5.05. The Hall–Kier alpha value is -1.90. The van der Waals surface area contributed by atoms with Gasteiger partial charge in [-0.2, -0.15) is 0 Å². The van der Waals surface area contributed by atoms with Crippen LogP contribution in [0.4, 0.5) is 0 Å². The van der Waals surface area contributed by atoms with E-state index >= 15 is 0 Å². The molecule has 0 unspecified atom stereocenters. The lowest BCUT2D eigenvalue weighted by Crippen LogP contribution is -2.46. The molecule has 1 aromatic rings. The molecule has 1 aliphatic rings. The molecule has 1 saturated heterocycles. The highest BCUT2D eigenvalue weighted by molar-refractivity contribution is 5.51. The molecule has 0 spiro atoms. The van der Waals surface area contributed by atoms with Crippen LogP contribution in [0.25, 0.3) is 0 Å². The summed E-state index contributed by atoms with van der Waals surface area (Å²) in [6.45, 7) is 8.90. The van der Waals surface area contributed by atoms with Crippen LogP contribution >= 0.6 is 0 Å². The number of hydrogen-bond donors (Lipinski definition) is 0. The number of likely N-dealkylation sites (N-methyl/N-ethyl adjacent to an activating group) is 1. The lowest BCUT2D eigenvalue weighted by molar-refractivity contribution is 0.149. The Balaban J connectivity index is 1.80. The second-order valence-corrected chi connectivity index (χ2v) is 5.34. The SMILES string of the molecule is CCN1CCN(CC#CCOc2c(OC)cccc2OC)CC1. The van der Waals surface area contributed by atoms with Crippen molar-refractivity contribution in [2.75, 3.05) is 60.1 Å². The number of methoxy groups -OCH3 is 2. The summed E-state index contributed by atoms with van der Waals surface area (Å²) in [4.78, 5) is 4.84. The van der Waals surface area contributed by atoms with Crippen LogP contribution < -0.4 is 14.2 Å². The molecule has 0 atom stereocenters. The van der Waals surface area contributed by atoms with E-state index < -0.39 is 0 Å². The quantitative estimate of drug-likeness (QED) is 0.746. The van der Waals surface area contributed by atoms with Crippen LogP contribution in [0.5, 0.6) is 17.2 Å². The number of hydrogen-bond acceptors (Lipinski definition) is 5. The molecule has 0 aliphatic carbocycles. The van der Waals surface area contributed by atoms with Gasteiger partial charge in [0, 0.05) is 26.2 Å². The highest BCUT2D eigenvalue weighted by Crippen LogP contribution is 2.36. The van der Waals surface area contributed by atoms with Gasteiger partial charge in [0.2, 0.25) is 5.75 Å². The van der Waals surface area contributed by atoms with E-state index in [1.165, 1.54) is 0 Å². The molecule has 0 aromatic heterocycles. The first-order chi connectivity index (χ1) is 11.3. The van der Waals surface area contributed by atoms with Crippen molar-refractivity contribution in [1.82, 2.24) is 9.80 Å². The summed E-state index contributed by atoms with van der Waals surface area (Å²) < 4.78 is 16.3. The third-order valence-electron chi connectivity index (χ3n) is 4.01. The standard InChI is InChI=1S/C18H26N2O3/c1-4-19-11-13-20(14-12-19)10-5-6-15-23-18-16(21-2)8-7-9-17(18)22-3/h7-9H,4,10-15H2,1-3H3. The number of rotatable bonds is 6. The summed E-state index contributed by atoms with van der Waals surface area (Å²) in [6.07, 6.45) is 0. The van der Waals surface area contributed by atoms with E-state index in [4.69, 9.17) is 14.2 Å². The smallest absolute Gasteiger partial charge is 0.204 e. The van der Waals surface area contributed by atoms with Crippen LogP contribution in [-0.2, 0) is 0 Å². The number of para-hydroxylation sites is 1. The Morgan fingerprint density at radius 3 is 2.13 bits per heavy atom. The molecular weight excluding hydrogens is 292 g/mol. The first kappa shape index (κ1) is 17.5. The van der Waals surface area contributed by atoms with Gasteiger partial charge in [-0.15, -0.1) is 0 Å². The second-order valence-electron chi connectivity index (χ2n) is 5.34. The summed E-state index contributed by atoms with van der Waals surface area (Å²) in [5.74, 6) is 8.16. The molecule has 1 fully saturated rings. The van der Waals surface area contributed by atoms with Crippen LogP contribution in [0, 0.1) is 11.8 Å². The highest BCUT2D eigenvalue weighted by Gasteiger charge is 2.14. The van der Waals surface area contributed by atoms with Crippen LogP contribution in [0.2, 0.25) is 0 Å². The third-order valence-corrected chi connectivity index (χ3v) is 4.01. The monoisotopic (exact) mass is 318 g/mol. The largest absolute Gasteiger partial charge is 0.493 e. The van der Waals surface area contributed by atoms with Gasteiger partial charge in [0.25, 0.3) is 0 Å². The van der Waals surface area contributed by atoms with E-state index in [0.717, 1.165) is 39.3 Å². The highest BCUT2D eigenvalue weighted by atomic mass is 16.5. The van der Waals surface area contributed by atoms with Gasteiger partial charge in [-0.3, -0.25) is 4.90 Å². The predicted octanol–water partition coefficient (Wildman–Crippen LogP) is 1.72. The van der Waals surface area contributed by atoms with Crippen molar-refractivity contribution in [1.29, 1.82) is 0 Å². The average molecular weight is 318 g/mol. The molecule has 5 heteroatoms. The molecule has 23 heavy (non-hydrogen) atoms. The molecule has 1 aliphatic heterocycles. The summed E-state index contributed by atoms with van der Waals surface area (Å²) in [7, 11) is 3.23. The summed E-state index contributed by atoms with van der Waals surface area (Å²) in [5.41, 5.74) is 0. The lowest BCUT2D eigenvalue weighted by atomic mass is 10.3. The molecule has 0 radical (unpaired) electrons. The zero-order valence-corrected chi connectivity index (χ0v) is 14.3. The normalized spacial score (nSPS) is 15.6. The predicted molar refractivity (Wildman–Crippen MR) is 91.4 cm³/mol. The number of piperazine rings is 1. The Kier molecular flexibility index (Phi) is 7.05. The van der Waals surface area contributed by atoms with Crippen LogP contribution in [0.15, 0.2) is 18.2 Å². The first-order valence-corrected chi connectivity index (χ1v) is 8.02. The van der Waals surface area contributed by atoms with Crippen molar-refractivity contribution in [3.8, 4) is 29.1 Å². The van der Waals surface area contributed by atoms with Crippen LogP contribution in [0.3, 0.4) is 0 Å². The van der Waals surface area contributed by atoms with E-state index in [1.54, 1.807) is 14.2 Å². The van der Waals surface area contributed by atoms with Gasteiger partial charge >= 0.3 is 0 Å². The number of ether oxygens (including phenoxy) is 3. The molecule has 0 bridgehead atoms. The van der Waals surface area contributed by atoms with Gasteiger partial charge in [0.05, 0.1) is 20.8 Å². The second kappa shape index (κ2) is 9.29. The summed E-state index contributed by atoms with van der Waals surface area (Å²) >= 11 is 0. The summed E-state index contributed by atoms with van der Waals surface area (Å²) in [5, 5.41) is 0. The first-order valence-electron chi connectivity index (χ1n) is 8.02. The fraction of sp³-hybridized carbons (Fsp3) is 0.556. The van der Waals surface area contributed by atoms with E-state index in [1.807, 2.05) is 18.2 Å². The maximum absolute atomic E-state index is 5.72. The minimum atomic E-state index is 0.325. The van der Waals surface area contributed by atoms with Gasteiger partial charge in [0.1, 0.15) is 6.61 Å². The Morgan fingerprint density at radius 1 is 0.957 bits per heavy atom. The van der Waals surface area contributed by atoms with Gasteiger partial charge in [0.15, 0.2) is 11.5 Å². The lowest BCUT2D eigenvalue weighted by Gasteiger charge is -2.32. The van der Waals surface area contributed by atoms with Crippen molar-refractivity contribution in [3.63, 3.8) is 0 Å².